The van der Waals surface area contributed by atoms with Crippen LogP contribution in [0.5, 0.6) is 0 Å². The maximum Gasteiger partial charge on any atom is 0.253 e. The van der Waals surface area contributed by atoms with Crippen LogP contribution in [0.3, 0.4) is 0 Å². The molecule has 0 radical (unpaired) electrons. The fraction of sp³-hybridized carbons (Fsp3) is 0.500. The summed E-state index contributed by atoms with van der Waals surface area (Å²) < 4.78 is 0. The van der Waals surface area contributed by atoms with E-state index in [2.05, 4.69) is 13.8 Å². The number of nitrogens with zero attached hydrogens (tertiary/aromatic N) is 1. The molecule has 1 rings (SSSR count). The second-order valence-corrected chi connectivity index (χ2v) is 6.18. The average molecular weight is 292 g/mol. The molecule has 0 atom stereocenters. The third-order valence-electron chi connectivity index (χ3n) is 3.25. The van der Waals surface area contributed by atoms with Crippen LogP contribution in [0.4, 0.5) is 0 Å². The van der Waals surface area contributed by atoms with Crippen molar-refractivity contribution < 1.29 is 4.79 Å². The summed E-state index contributed by atoms with van der Waals surface area (Å²) in [4.78, 5) is 14.9. The zero-order chi connectivity index (χ0) is 15.3. The molecule has 110 valence electrons. The number of thiocarbonyl (C=S) groups is 1. The van der Waals surface area contributed by atoms with Crippen molar-refractivity contribution in [2.75, 3.05) is 13.1 Å². The molecule has 1 aromatic rings. The van der Waals surface area contributed by atoms with Crippen molar-refractivity contribution in [1.82, 2.24) is 4.90 Å². The summed E-state index contributed by atoms with van der Waals surface area (Å²) in [6.45, 7) is 9.56. The first-order valence-corrected chi connectivity index (χ1v) is 7.37. The highest BCUT2D eigenvalue weighted by Crippen LogP contribution is 2.13. The molecule has 1 amide bonds. The van der Waals surface area contributed by atoms with Crippen molar-refractivity contribution in [1.29, 1.82) is 0 Å². The van der Waals surface area contributed by atoms with Gasteiger partial charge < -0.3 is 10.6 Å². The maximum absolute atomic E-state index is 12.6. The summed E-state index contributed by atoms with van der Waals surface area (Å²) in [6, 6.07) is 5.83. The van der Waals surface area contributed by atoms with Crippen LogP contribution in [-0.2, 0) is 0 Å². The second kappa shape index (κ2) is 7.39. The van der Waals surface area contributed by atoms with E-state index in [1.807, 2.05) is 36.9 Å². The monoisotopic (exact) mass is 292 g/mol. The van der Waals surface area contributed by atoms with Gasteiger partial charge in [-0.3, -0.25) is 4.79 Å². The number of carbonyl (C=O) groups is 1. The van der Waals surface area contributed by atoms with Crippen LogP contribution in [-0.4, -0.2) is 28.9 Å². The number of hydrogen-bond acceptors (Lipinski definition) is 2. The van der Waals surface area contributed by atoms with Gasteiger partial charge in [0, 0.05) is 25.1 Å². The standard InChI is InChI=1S/C16H24N2OS/c1-11(2)10-18(8-7-15(17)20)16(19)14-6-5-12(3)13(4)9-14/h5-6,9,11H,7-8,10H2,1-4H3,(H2,17,20). The Kier molecular flexibility index (Phi) is 6.14. The van der Waals surface area contributed by atoms with Crippen molar-refractivity contribution in [3.8, 4) is 0 Å². The van der Waals surface area contributed by atoms with E-state index in [1.165, 1.54) is 5.56 Å². The van der Waals surface area contributed by atoms with E-state index in [4.69, 9.17) is 18.0 Å². The Balaban J connectivity index is 2.90. The van der Waals surface area contributed by atoms with Crippen LogP contribution in [0, 0.1) is 19.8 Å². The first kappa shape index (κ1) is 16.6. The van der Waals surface area contributed by atoms with Gasteiger partial charge in [0.1, 0.15) is 0 Å². The van der Waals surface area contributed by atoms with E-state index < -0.39 is 0 Å². The summed E-state index contributed by atoms with van der Waals surface area (Å²) in [7, 11) is 0. The molecule has 20 heavy (non-hydrogen) atoms. The number of aryl methyl sites for hydroxylation is 2. The molecule has 0 fully saturated rings. The van der Waals surface area contributed by atoms with Crippen molar-refractivity contribution in [3.05, 3.63) is 34.9 Å². The highest BCUT2D eigenvalue weighted by molar-refractivity contribution is 7.80. The zero-order valence-corrected chi connectivity index (χ0v) is 13.6. The lowest BCUT2D eigenvalue weighted by Gasteiger charge is -2.25. The van der Waals surface area contributed by atoms with Crippen LogP contribution < -0.4 is 5.73 Å². The van der Waals surface area contributed by atoms with Crippen LogP contribution >= 0.6 is 12.2 Å². The Morgan fingerprint density at radius 2 is 1.95 bits per heavy atom. The molecule has 0 aliphatic carbocycles. The van der Waals surface area contributed by atoms with Gasteiger partial charge in [0.25, 0.3) is 5.91 Å². The lowest BCUT2D eigenvalue weighted by Crippen LogP contribution is -2.36. The lowest BCUT2D eigenvalue weighted by atomic mass is 10.0. The molecule has 0 aliphatic rings. The summed E-state index contributed by atoms with van der Waals surface area (Å²) in [6.07, 6.45) is 0.568. The van der Waals surface area contributed by atoms with Gasteiger partial charge in [-0.1, -0.05) is 32.1 Å². The number of rotatable bonds is 6. The third-order valence-corrected chi connectivity index (χ3v) is 3.46. The summed E-state index contributed by atoms with van der Waals surface area (Å²) >= 11 is 4.91. The second-order valence-electron chi connectivity index (χ2n) is 5.66. The van der Waals surface area contributed by atoms with E-state index in [0.29, 0.717) is 30.4 Å². The fourth-order valence-electron chi connectivity index (χ4n) is 2.02. The van der Waals surface area contributed by atoms with Gasteiger partial charge in [-0.25, -0.2) is 0 Å². The van der Waals surface area contributed by atoms with Crippen molar-refractivity contribution in [2.45, 2.75) is 34.1 Å². The van der Waals surface area contributed by atoms with Gasteiger partial charge in [0.05, 0.1) is 4.99 Å². The van der Waals surface area contributed by atoms with Gasteiger partial charge in [-0.15, -0.1) is 0 Å². The highest BCUT2D eigenvalue weighted by Gasteiger charge is 2.17. The van der Waals surface area contributed by atoms with E-state index in [9.17, 15) is 4.79 Å². The highest BCUT2D eigenvalue weighted by atomic mass is 32.1. The lowest BCUT2D eigenvalue weighted by molar-refractivity contribution is 0.0741. The SMILES string of the molecule is Cc1ccc(C(=O)N(CCC(N)=S)CC(C)C)cc1C. The van der Waals surface area contributed by atoms with Crippen molar-refractivity contribution in [2.24, 2.45) is 11.7 Å². The normalized spacial score (nSPS) is 10.7. The molecule has 0 heterocycles. The number of carbonyl (C=O) groups excluding carboxylic acids is 1. The van der Waals surface area contributed by atoms with Gasteiger partial charge >= 0.3 is 0 Å². The predicted octanol–water partition coefficient (Wildman–Crippen LogP) is 3.08. The number of hydrogen-bond donors (Lipinski definition) is 1. The number of amides is 1. The Morgan fingerprint density at radius 1 is 1.30 bits per heavy atom. The quantitative estimate of drug-likeness (QED) is 0.820. The Morgan fingerprint density at radius 3 is 2.45 bits per heavy atom. The third kappa shape index (κ3) is 4.93. The summed E-state index contributed by atoms with van der Waals surface area (Å²) in [5.74, 6) is 0.467. The molecule has 0 unspecified atom stereocenters. The van der Waals surface area contributed by atoms with Gasteiger partial charge in [-0.05, 0) is 43.0 Å². The van der Waals surface area contributed by atoms with E-state index in [0.717, 1.165) is 11.1 Å². The van der Waals surface area contributed by atoms with Crippen LogP contribution in [0.1, 0.15) is 41.8 Å². The van der Waals surface area contributed by atoms with Crippen LogP contribution in [0.15, 0.2) is 18.2 Å². The van der Waals surface area contributed by atoms with Gasteiger partial charge in [0.15, 0.2) is 0 Å². The molecule has 0 saturated heterocycles. The smallest absolute Gasteiger partial charge is 0.253 e. The maximum atomic E-state index is 12.6. The molecular weight excluding hydrogens is 268 g/mol. The summed E-state index contributed by atoms with van der Waals surface area (Å²) in [5, 5.41) is 0. The Bertz CT molecular complexity index is 497. The first-order chi connectivity index (χ1) is 9.31. The van der Waals surface area contributed by atoms with Gasteiger partial charge in [-0.2, -0.15) is 0 Å². The largest absolute Gasteiger partial charge is 0.393 e. The molecule has 0 spiro atoms. The van der Waals surface area contributed by atoms with Crippen LogP contribution in [0.2, 0.25) is 0 Å². The zero-order valence-electron chi connectivity index (χ0n) is 12.8. The van der Waals surface area contributed by atoms with E-state index >= 15 is 0 Å². The average Bonchev–Trinajstić information content (AvgIpc) is 2.36. The topological polar surface area (TPSA) is 46.3 Å². The number of benzene rings is 1. The summed E-state index contributed by atoms with van der Waals surface area (Å²) in [5.41, 5.74) is 8.61. The molecule has 0 aliphatic heterocycles. The van der Waals surface area contributed by atoms with Crippen LogP contribution in [0.25, 0.3) is 0 Å². The molecule has 0 aromatic heterocycles. The molecular formula is C16H24N2OS. The predicted molar refractivity (Wildman–Crippen MR) is 88.1 cm³/mol. The van der Waals surface area contributed by atoms with E-state index in [1.54, 1.807) is 0 Å². The molecule has 2 N–H and O–H groups in total. The van der Waals surface area contributed by atoms with Gasteiger partial charge in [0.2, 0.25) is 0 Å². The van der Waals surface area contributed by atoms with Crippen molar-refractivity contribution in [3.63, 3.8) is 0 Å². The first-order valence-electron chi connectivity index (χ1n) is 6.96. The van der Waals surface area contributed by atoms with Crippen molar-refractivity contribution >= 4 is 23.1 Å². The fourth-order valence-corrected chi connectivity index (χ4v) is 2.11. The minimum absolute atomic E-state index is 0.0538. The minimum atomic E-state index is 0.0538. The van der Waals surface area contributed by atoms with E-state index in [-0.39, 0.29) is 5.91 Å². The molecule has 3 nitrogen and oxygen atoms in total. The Hall–Kier alpha value is -1.42. The number of nitrogens with two attached hydrogens (primary N) is 1. The minimum Gasteiger partial charge on any atom is -0.393 e. The molecule has 0 saturated carbocycles. The molecule has 4 heteroatoms. The molecule has 1 aromatic carbocycles. The molecule has 0 bridgehead atoms. The Labute approximate surface area is 127 Å².